The van der Waals surface area contributed by atoms with Gasteiger partial charge in [0.05, 0.1) is 0 Å². The number of aryl methyl sites for hydroxylation is 1. The van der Waals surface area contributed by atoms with Gasteiger partial charge in [0.2, 0.25) is 0 Å². The van der Waals surface area contributed by atoms with Gasteiger partial charge in [-0.15, -0.1) is 11.3 Å². The second-order valence-corrected chi connectivity index (χ2v) is 5.78. The Labute approximate surface area is 121 Å². The van der Waals surface area contributed by atoms with Crippen LogP contribution in [0.3, 0.4) is 0 Å². The molecule has 2 nitrogen and oxygen atoms in total. The van der Waals surface area contributed by atoms with Gasteiger partial charge in [-0.3, -0.25) is 0 Å². The van der Waals surface area contributed by atoms with Gasteiger partial charge in [0.15, 0.2) is 11.6 Å². The van der Waals surface area contributed by atoms with E-state index in [-0.39, 0.29) is 0 Å². The Kier molecular flexibility index (Phi) is 5.09. The molecule has 0 saturated heterocycles. The number of halogens is 2. The summed E-state index contributed by atoms with van der Waals surface area (Å²) in [6.07, 6.45) is 0. The van der Waals surface area contributed by atoms with Gasteiger partial charge < -0.3 is 10.1 Å². The summed E-state index contributed by atoms with van der Waals surface area (Å²) in [7, 11) is 0. The largest absolute Gasteiger partial charge is 0.489 e. The first-order valence-corrected chi connectivity index (χ1v) is 7.28. The lowest BCUT2D eigenvalue weighted by atomic mass is 10.2. The minimum Gasteiger partial charge on any atom is -0.489 e. The first-order chi connectivity index (χ1) is 9.60. The van der Waals surface area contributed by atoms with E-state index < -0.39 is 11.6 Å². The summed E-state index contributed by atoms with van der Waals surface area (Å²) in [4.78, 5) is 2.42. The molecule has 0 aliphatic carbocycles. The Bertz CT molecular complexity index is 583. The number of thiophene rings is 1. The molecular formula is C15H17F2NOS. The van der Waals surface area contributed by atoms with Crippen molar-refractivity contribution in [1.82, 2.24) is 5.32 Å². The third-order valence-corrected chi connectivity index (χ3v) is 4.00. The molecule has 0 radical (unpaired) electrons. The Balaban J connectivity index is 1.99. The lowest BCUT2D eigenvalue weighted by molar-refractivity contribution is 0.303. The topological polar surface area (TPSA) is 21.3 Å². The number of rotatable bonds is 6. The molecule has 0 saturated carbocycles. The molecule has 108 valence electrons. The van der Waals surface area contributed by atoms with Crippen molar-refractivity contribution in [2.75, 3.05) is 6.54 Å². The molecule has 0 unspecified atom stereocenters. The average molecular weight is 297 g/mol. The Morgan fingerprint density at radius 1 is 1.20 bits per heavy atom. The fraction of sp³-hybridized carbons (Fsp3) is 0.333. The summed E-state index contributed by atoms with van der Waals surface area (Å²) in [6.45, 7) is 6.22. The van der Waals surface area contributed by atoms with E-state index in [1.165, 1.54) is 15.8 Å². The fourth-order valence-corrected chi connectivity index (χ4v) is 2.81. The van der Waals surface area contributed by atoms with Crippen molar-refractivity contribution < 1.29 is 13.5 Å². The first-order valence-electron chi connectivity index (χ1n) is 6.47. The van der Waals surface area contributed by atoms with E-state index in [9.17, 15) is 8.78 Å². The third kappa shape index (κ3) is 3.77. The SMILES string of the molecule is CCNCc1cc(COc2ccc(F)c(F)c2)c(C)s1. The maximum absolute atomic E-state index is 13.1. The van der Waals surface area contributed by atoms with E-state index in [1.807, 2.05) is 6.92 Å². The predicted molar refractivity (Wildman–Crippen MR) is 77.1 cm³/mol. The van der Waals surface area contributed by atoms with Crippen LogP contribution in [0.5, 0.6) is 5.75 Å². The molecule has 2 rings (SSSR count). The van der Waals surface area contributed by atoms with Gasteiger partial charge in [-0.1, -0.05) is 6.92 Å². The summed E-state index contributed by atoms with van der Waals surface area (Å²) >= 11 is 1.72. The maximum Gasteiger partial charge on any atom is 0.162 e. The summed E-state index contributed by atoms with van der Waals surface area (Å²) in [5.74, 6) is -1.42. The Morgan fingerprint density at radius 3 is 2.70 bits per heavy atom. The van der Waals surface area contributed by atoms with E-state index in [0.29, 0.717) is 12.4 Å². The molecule has 0 fully saturated rings. The van der Waals surface area contributed by atoms with Gasteiger partial charge in [0, 0.05) is 27.9 Å². The van der Waals surface area contributed by atoms with Crippen LogP contribution < -0.4 is 10.1 Å². The van der Waals surface area contributed by atoms with Crippen molar-refractivity contribution in [1.29, 1.82) is 0 Å². The molecular weight excluding hydrogens is 280 g/mol. The van der Waals surface area contributed by atoms with Crippen LogP contribution >= 0.6 is 11.3 Å². The zero-order chi connectivity index (χ0) is 14.5. The van der Waals surface area contributed by atoms with Crippen LogP contribution in [0.25, 0.3) is 0 Å². The average Bonchev–Trinajstić information content (AvgIpc) is 2.78. The highest BCUT2D eigenvalue weighted by Gasteiger charge is 2.08. The molecule has 1 aromatic carbocycles. The van der Waals surface area contributed by atoms with Gasteiger partial charge in [-0.05, 0) is 31.7 Å². The standard InChI is InChI=1S/C15H17F2NOS/c1-3-18-8-13-6-11(10(2)20-13)9-19-12-4-5-14(16)15(17)7-12/h4-7,18H,3,8-9H2,1-2H3. The lowest BCUT2D eigenvalue weighted by Crippen LogP contribution is -2.10. The van der Waals surface area contributed by atoms with Crippen molar-refractivity contribution in [3.05, 3.63) is 51.2 Å². The second kappa shape index (κ2) is 6.81. The number of benzene rings is 1. The van der Waals surface area contributed by atoms with Crippen LogP contribution in [-0.4, -0.2) is 6.54 Å². The van der Waals surface area contributed by atoms with Gasteiger partial charge >= 0.3 is 0 Å². The Morgan fingerprint density at radius 2 is 2.00 bits per heavy atom. The molecule has 1 aromatic heterocycles. The van der Waals surface area contributed by atoms with Crippen LogP contribution in [0.4, 0.5) is 8.78 Å². The number of hydrogen-bond acceptors (Lipinski definition) is 3. The molecule has 0 atom stereocenters. The lowest BCUT2D eigenvalue weighted by Gasteiger charge is -2.06. The quantitative estimate of drug-likeness (QED) is 0.869. The van der Waals surface area contributed by atoms with Gasteiger partial charge in [0.1, 0.15) is 12.4 Å². The zero-order valence-corrected chi connectivity index (χ0v) is 12.3. The molecule has 0 aliphatic rings. The molecule has 0 bridgehead atoms. The summed E-state index contributed by atoms with van der Waals surface area (Å²) in [5.41, 5.74) is 1.08. The molecule has 0 aliphatic heterocycles. The Hall–Kier alpha value is -1.46. The number of nitrogens with one attached hydrogen (secondary N) is 1. The van der Waals surface area contributed by atoms with Crippen molar-refractivity contribution in [3.8, 4) is 5.75 Å². The molecule has 20 heavy (non-hydrogen) atoms. The van der Waals surface area contributed by atoms with Gasteiger partial charge in [-0.2, -0.15) is 0 Å². The van der Waals surface area contributed by atoms with Crippen LogP contribution in [0.15, 0.2) is 24.3 Å². The number of ether oxygens (including phenoxy) is 1. The van der Waals surface area contributed by atoms with Crippen LogP contribution in [0, 0.1) is 18.6 Å². The smallest absolute Gasteiger partial charge is 0.162 e. The van der Waals surface area contributed by atoms with E-state index in [1.54, 1.807) is 11.3 Å². The third-order valence-electron chi connectivity index (χ3n) is 2.91. The second-order valence-electron chi connectivity index (χ2n) is 4.44. The van der Waals surface area contributed by atoms with Crippen molar-refractivity contribution in [2.45, 2.75) is 27.0 Å². The van der Waals surface area contributed by atoms with E-state index in [4.69, 9.17) is 4.74 Å². The van der Waals surface area contributed by atoms with E-state index in [0.717, 1.165) is 30.8 Å². The maximum atomic E-state index is 13.1. The minimum atomic E-state index is -0.891. The van der Waals surface area contributed by atoms with E-state index >= 15 is 0 Å². The van der Waals surface area contributed by atoms with Crippen molar-refractivity contribution in [2.24, 2.45) is 0 Å². The van der Waals surface area contributed by atoms with Gasteiger partial charge in [0.25, 0.3) is 0 Å². The van der Waals surface area contributed by atoms with Gasteiger partial charge in [-0.25, -0.2) is 8.78 Å². The highest BCUT2D eigenvalue weighted by atomic mass is 32.1. The number of hydrogen-bond donors (Lipinski definition) is 1. The molecule has 1 heterocycles. The fourth-order valence-electron chi connectivity index (χ4n) is 1.79. The molecule has 5 heteroatoms. The normalized spacial score (nSPS) is 10.8. The van der Waals surface area contributed by atoms with Crippen LogP contribution in [-0.2, 0) is 13.2 Å². The van der Waals surface area contributed by atoms with E-state index in [2.05, 4.69) is 18.3 Å². The molecule has 1 N–H and O–H groups in total. The summed E-state index contributed by atoms with van der Waals surface area (Å²) in [5, 5.41) is 3.27. The van der Waals surface area contributed by atoms with Crippen LogP contribution in [0.1, 0.15) is 22.2 Å². The predicted octanol–water partition coefficient (Wildman–Crippen LogP) is 4.02. The molecule has 0 amide bonds. The highest BCUT2D eigenvalue weighted by molar-refractivity contribution is 7.12. The van der Waals surface area contributed by atoms with Crippen LogP contribution in [0.2, 0.25) is 0 Å². The first kappa shape index (κ1) is 14.9. The monoisotopic (exact) mass is 297 g/mol. The summed E-state index contributed by atoms with van der Waals surface area (Å²) in [6, 6.07) is 5.65. The minimum absolute atomic E-state index is 0.336. The molecule has 2 aromatic rings. The summed E-state index contributed by atoms with van der Waals surface area (Å²) < 4.78 is 31.4. The zero-order valence-electron chi connectivity index (χ0n) is 11.5. The van der Waals surface area contributed by atoms with Crippen molar-refractivity contribution in [3.63, 3.8) is 0 Å². The highest BCUT2D eigenvalue weighted by Crippen LogP contribution is 2.24. The molecule has 0 spiro atoms. The van der Waals surface area contributed by atoms with Crippen molar-refractivity contribution >= 4 is 11.3 Å².